The van der Waals surface area contributed by atoms with Crippen LogP contribution in [-0.4, -0.2) is 12.2 Å². The lowest BCUT2D eigenvalue weighted by Crippen LogP contribution is -2.41. The Morgan fingerprint density at radius 3 is 1.56 bits per heavy atom. The monoisotopic (exact) mass is 141 g/mol. The molecule has 0 bridgehead atoms. The predicted molar refractivity (Wildman–Crippen MR) is 28.9 cm³/mol. The number of rotatable bonds is 1. The minimum Gasteiger partial charge on any atom is -0.320 e. The predicted octanol–water partition coefficient (Wildman–Crippen LogP) is 1.53. The second-order valence-corrected chi connectivity index (χ2v) is 2.31. The Kier molecular flexibility index (Phi) is 2.49. The number of nitrogens with two attached hydrogens (primary N) is 1. The van der Waals surface area contributed by atoms with Crippen molar-refractivity contribution in [2.75, 3.05) is 0 Å². The lowest BCUT2D eigenvalue weighted by Gasteiger charge is -2.18. The topological polar surface area (TPSA) is 26.0 Å². The first-order valence-corrected chi connectivity index (χ1v) is 2.68. The van der Waals surface area contributed by atoms with E-state index in [4.69, 9.17) is 5.73 Å². The van der Waals surface area contributed by atoms with Crippen molar-refractivity contribution in [1.29, 1.82) is 0 Å². The molecule has 0 aromatic rings. The van der Waals surface area contributed by atoms with Crippen molar-refractivity contribution in [3.8, 4) is 0 Å². The van der Waals surface area contributed by atoms with Crippen LogP contribution in [0.1, 0.15) is 13.8 Å². The van der Waals surface area contributed by atoms with Crippen molar-refractivity contribution in [3.05, 3.63) is 0 Å². The molecule has 1 nitrogen and oxygen atoms in total. The molecule has 2 N–H and O–H groups in total. The van der Waals surface area contributed by atoms with E-state index in [1.54, 1.807) is 0 Å². The number of hydrogen-bond acceptors (Lipinski definition) is 1. The zero-order valence-corrected chi connectivity index (χ0v) is 5.37. The highest BCUT2D eigenvalue weighted by Gasteiger charge is 2.38. The van der Waals surface area contributed by atoms with Gasteiger partial charge in [-0.05, 0) is 5.92 Å². The highest BCUT2D eigenvalue weighted by atomic mass is 19.4. The van der Waals surface area contributed by atoms with Gasteiger partial charge in [-0.15, -0.1) is 0 Å². The van der Waals surface area contributed by atoms with Crippen LogP contribution >= 0.6 is 0 Å². The van der Waals surface area contributed by atoms with E-state index in [2.05, 4.69) is 0 Å². The van der Waals surface area contributed by atoms with E-state index in [-0.39, 0.29) is 0 Å². The molecule has 0 aliphatic heterocycles. The van der Waals surface area contributed by atoms with Crippen LogP contribution in [0, 0.1) is 5.92 Å². The van der Waals surface area contributed by atoms with Crippen LogP contribution in [0.3, 0.4) is 0 Å². The zero-order chi connectivity index (χ0) is 7.65. The van der Waals surface area contributed by atoms with Gasteiger partial charge >= 0.3 is 6.18 Å². The quantitative estimate of drug-likeness (QED) is 0.588. The van der Waals surface area contributed by atoms with E-state index in [1.807, 2.05) is 0 Å². The first-order chi connectivity index (χ1) is 3.85. The van der Waals surface area contributed by atoms with E-state index >= 15 is 0 Å². The normalized spacial score (nSPS) is 16.3. The molecule has 0 aromatic carbocycles. The molecule has 56 valence electrons. The average Bonchev–Trinajstić information content (AvgIpc) is 1.62. The summed E-state index contributed by atoms with van der Waals surface area (Å²) in [6.45, 7) is 2.89. The Labute approximate surface area is 52.0 Å². The van der Waals surface area contributed by atoms with Gasteiger partial charge in [0.1, 0.15) is 6.04 Å². The molecule has 0 aromatic heterocycles. The summed E-state index contributed by atoms with van der Waals surface area (Å²) >= 11 is 0. The van der Waals surface area contributed by atoms with Crippen LogP contribution in [0.15, 0.2) is 0 Å². The van der Waals surface area contributed by atoms with Crippen LogP contribution in [0.2, 0.25) is 0 Å². The molecule has 0 aliphatic rings. The molecule has 1 atom stereocenters. The highest BCUT2D eigenvalue weighted by molar-refractivity contribution is 4.72. The molecule has 0 saturated carbocycles. The minimum atomic E-state index is -4.24. The van der Waals surface area contributed by atoms with Crippen molar-refractivity contribution < 1.29 is 13.2 Å². The van der Waals surface area contributed by atoms with Gasteiger partial charge in [0.05, 0.1) is 0 Å². The molecule has 0 aliphatic carbocycles. The molecule has 0 heterocycles. The summed E-state index contributed by atoms with van der Waals surface area (Å²) in [6.07, 6.45) is -4.24. The average molecular weight is 141 g/mol. The van der Waals surface area contributed by atoms with Gasteiger partial charge in [-0.2, -0.15) is 13.2 Å². The zero-order valence-electron chi connectivity index (χ0n) is 5.37. The molecule has 0 radical (unpaired) electrons. The molecular formula is C5H10F3N. The van der Waals surface area contributed by atoms with Gasteiger partial charge in [-0.3, -0.25) is 0 Å². The third-order valence-electron chi connectivity index (χ3n) is 1.10. The summed E-state index contributed by atoms with van der Waals surface area (Å²) in [5, 5.41) is 0. The lowest BCUT2D eigenvalue weighted by molar-refractivity contribution is -0.156. The van der Waals surface area contributed by atoms with Crippen molar-refractivity contribution in [3.63, 3.8) is 0 Å². The van der Waals surface area contributed by atoms with Gasteiger partial charge in [-0.25, -0.2) is 0 Å². The maximum absolute atomic E-state index is 11.6. The van der Waals surface area contributed by atoms with Crippen molar-refractivity contribution in [1.82, 2.24) is 0 Å². The molecule has 0 unspecified atom stereocenters. The molecule has 0 spiro atoms. The van der Waals surface area contributed by atoms with Gasteiger partial charge in [-0.1, -0.05) is 13.8 Å². The maximum Gasteiger partial charge on any atom is 0.403 e. The summed E-state index contributed by atoms with van der Waals surface area (Å²) in [7, 11) is 0. The molecule has 9 heavy (non-hydrogen) atoms. The van der Waals surface area contributed by atoms with E-state index < -0.39 is 18.1 Å². The maximum atomic E-state index is 11.6. The smallest absolute Gasteiger partial charge is 0.320 e. The Morgan fingerprint density at radius 1 is 1.22 bits per heavy atom. The number of hydrogen-bond donors (Lipinski definition) is 1. The Bertz CT molecular complexity index is 86.7. The standard InChI is InChI=1S/C5H10F3N/c1-3(2)4(9)5(6,7)8/h3-4H,9H2,1-2H3/t4-/m0/s1. The molecular weight excluding hydrogens is 131 g/mol. The minimum absolute atomic E-state index is 0.537. The van der Waals surface area contributed by atoms with Crippen molar-refractivity contribution >= 4 is 0 Å². The van der Waals surface area contributed by atoms with Crippen LogP contribution in [-0.2, 0) is 0 Å². The molecule has 0 fully saturated rings. The van der Waals surface area contributed by atoms with Crippen LogP contribution in [0.25, 0.3) is 0 Å². The molecule has 0 rings (SSSR count). The third-order valence-corrected chi connectivity index (χ3v) is 1.10. The van der Waals surface area contributed by atoms with Gasteiger partial charge in [0.25, 0.3) is 0 Å². The molecule has 4 heteroatoms. The fourth-order valence-electron chi connectivity index (χ4n) is 0.378. The van der Waals surface area contributed by atoms with Crippen LogP contribution in [0.5, 0.6) is 0 Å². The summed E-state index contributed by atoms with van der Waals surface area (Å²) in [4.78, 5) is 0. The Morgan fingerprint density at radius 2 is 1.56 bits per heavy atom. The van der Waals surface area contributed by atoms with Crippen LogP contribution < -0.4 is 5.73 Å². The van der Waals surface area contributed by atoms with Gasteiger partial charge in [0.2, 0.25) is 0 Å². The van der Waals surface area contributed by atoms with Gasteiger partial charge in [0, 0.05) is 0 Å². The van der Waals surface area contributed by atoms with E-state index in [1.165, 1.54) is 13.8 Å². The lowest BCUT2D eigenvalue weighted by atomic mass is 10.1. The van der Waals surface area contributed by atoms with Gasteiger partial charge < -0.3 is 5.73 Å². The first-order valence-electron chi connectivity index (χ1n) is 2.68. The summed E-state index contributed by atoms with van der Waals surface area (Å²) in [5.74, 6) is -0.537. The summed E-state index contributed by atoms with van der Waals surface area (Å²) in [5.41, 5.74) is 4.77. The molecule has 0 amide bonds. The third kappa shape index (κ3) is 2.70. The van der Waals surface area contributed by atoms with Crippen molar-refractivity contribution in [2.24, 2.45) is 11.7 Å². The van der Waals surface area contributed by atoms with Crippen LogP contribution in [0.4, 0.5) is 13.2 Å². The second kappa shape index (κ2) is 2.56. The largest absolute Gasteiger partial charge is 0.403 e. The summed E-state index contributed by atoms with van der Waals surface area (Å²) in [6, 6.07) is -1.68. The Hall–Kier alpha value is -0.250. The van der Waals surface area contributed by atoms with E-state index in [0.29, 0.717) is 0 Å². The van der Waals surface area contributed by atoms with Gasteiger partial charge in [0.15, 0.2) is 0 Å². The number of halogens is 3. The SMILES string of the molecule is CC(C)[C@H](N)C(F)(F)F. The fraction of sp³-hybridized carbons (Fsp3) is 1.00. The highest BCUT2D eigenvalue weighted by Crippen LogP contribution is 2.22. The summed E-state index contributed by atoms with van der Waals surface area (Å²) < 4.78 is 34.7. The van der Waals surface area contributed by atoms with E-state index in [9.17, 15) is 13.2 Å². The second-order valence-electron chi connectivity index (χ2n) is 2.31. The fourth-order valence-corrected chi connectivity index (χ4v) is 0.378. The first kappa shape index (κ1) is 8.75. The number of alkyl halides is 3. The Balaban J connectivity index is 3.88. The van der Waals surface area contributed by atoms with Crippen molar-refractivity contribution in [2.45, 2.75) is 26.1 Å². The molecule has 0 saturated heterocycles. The van der Waals surface area contributed by atoms with E-state index in [0.717, 1.165) is 0 Å².